The highest BCUT2D eigenvalue weighted by Crippen LogP contribution is 2.17. The van der Waals surface area contributed by atoms with Gasteiger partial charge in [0.1, 0.15) is 17.9 Å². The third kappa shape index (κ3) is 5.60. The van der Waals surface area contributed by atoms with Crippen molar-refractivity contribution in [2.75, 3.05) is 5.32 Å². The van der Waals surface area contributed by atoms with Gasteiger partial charge in [-0.2, -0.15) is 9.97 Å². The number of rotatable bonds is 7. The predicted octanol–water partition coefficient (Wildman–Crippen LogP) is 5.23. The smallest absolute Gasteiger partial charge is 0.230 e. The number of nitrogens with one attached hydrogen (secondary N) is 1. The molecule has 0 atom stereocenters. The van der Waals surface area contributed by atoms with Crippen molar-refractivity contribution in [1.29, 1.82) is 0 Å². The molecule has 154 valence electrons. The van der Waals surface area contributed by atoms with Crippen LogP contribution in [0.1, 0.15) is 44.3 Å². The van der Waals surface area contributed by atoms with Crippen LogP contribution in [0.3, 0.4) is 0 Å². The molecule has 0 unspecified atom stereocenters. The van der Waals surface area contributed by atoms with Gasteiger partial charge in [-0.05, 0) is 37.1 Å². The van der Waals surface area contributed by atoms with Gasteiger partial charge in [0.15, 0.2) is 0 Å². The van der Waals surface area contributed by atoms with Crippen molar-refractivity contribution in [2.45, 2.75) is 26.7 Å². The standard InChI is InChI=1S/C26H24N4O/c1-18-6-12-23(13-7-18)27-26-29-24(15-20-8-10-21(17-31)11-9-20)28-25(30-26)16-22-5-3-4-19(2)14-22/h3-14,17H,15-16H2,1-2H3,(H,27,28,29,30). The lowest BCUT2D eigenvalue weighted by molar-refractivity contribution is 0.112. The van der Waals surface area contributed by atoms with Crippen molar-refractivity contribution >= 4 is 17.9 Å². The summed E-state index contributed by atoms with van der Waals surface area (Å²) in [7, 11) is 0. The maximum Gasteiger partial charge on any atom is 0.230 e. The van der Waals surface area contributed by atoms with Crippen LogP contribution >= 0.6 is 0 Å². The van der Waals surface area contributed by atoms with E-state index >= 15 is 0 Å². The number of aldehydes is 1. The van der Waals surface area contributed by atoms with E-state index in [0.717, 1.165) is 28.9 Å². The van der Waals surface area contributed by atoms with Gasteiger partial charge in [0.2, 0.25) is 5.95 Å². The van der Waals surface area contributed by atoms with E-state index in [4.69, 9.17) is 4.98 Å². The minimum Gasteiger partial charge on any atom is -0.324 e. The third-order valence-corrected chi connectivity index (χ3v) is 4.96. The molecule has 1 aromatic heterocycles. The summed E-state index contributed by atoms with van der Waals surface area (Å²) in [5.41, 5.74) is 6.19. The van der Waals surface area contributed by atoms with Crippen LogP contribution < -0.4 is 5.32 Å². The van der Waals surface area contributed by atoms with E-state index in [-0.39, 0.29) is 0 Å². The molecule has 5 heteroatoms. The SMILES string of the molecule is Cc1ccc(Nc2nc(Cc3ccc(C=O)cc3)nc(Cc3cccc(C)c3)n2)cc1. The van der Waals surface area contributed by atoms with Gasteiger partial charge in [-0.3, -0.25) is 4.79 Å². The Morgan fingerprint density at radius 3 is 2.06 bits per heavy atom. The summed E-state index contributed by atoms with van der Waals surface area (Å²) in [6, 6.07) is 24.0. The summed E-state index contributed by atoms with van der Waals surface area (Å²) >= 11 is 0. The summed E-state index contributed by atoms with van der Waals surface area (Å²) in [5.74, 6) is 1.93. The maximum atomic E-state index is 10.9. The van der Waals surface area contributed by atoms with Crippen LogP contribution in [-0.2, 0) is 12.8 Å². The zero-order chi connectivity index (χ0) is 21.6. The van der Waals surface area contributed by atoms with Gasteiger partial charge in [0.05, 0.1) is 0 Å². The normalized spacial score (nSPS) is 10.6. The summed E-state index contributed by atoms with van der Waals surface area (Å²) in [5, 5.41) is 3.30. The summed E-state index contributed by atoms with van der Waals surface area (Å²) in [6.45, 7) is 4.14. The van der Waals surface area contributed by atoms with Gasteiger partial charge in [-0.15, -0.1) is 0 Å². The molecular weight excluding hydrogens is 384 g/mol. The van der Waals surface area contributed by atoms with E-state index in [1.54, 1.807) is 0 Å². The molecule has 3 aromatic carbocycles. The van der Waals surface area contributed by atoms with Gasteiger partial charge in [0.25, 0.3) is 0 Å². The minimum absolute atomic E-state index is 0.529. The van der Waals surface area contributed by atoms with Crippen molar-refractivity contribution in [3.05, 3.63) is 112 Å². The molecule has 0 radical (unpaired) electrons. The number of hydrogen-bond donors (Lipinski definition) is 1. The fraction of sp³-hybridized carbons (Fsp3) is 0.154. The van der Waals surface area contributed by atoms with Crippen molar-refractivity contribution in [3.63, 3.8) is 0 Å². The lowest BCUT2D eigenvalue weighted by atomic mass is 10.1. The van der Waals surface area contributed by atoms with Crippen molar-refractivity contribution in [3.8, 4) is 0 Å². The summed E-state index contributed by atoms with van der Waals surface area (Å²) in [6.07, 6.45) is 2.03. The molecule has 0 bridgehead atoms. The number of aryl methyl sites for hydroxylation is 2. The monoisotopic (exact) mass is 408 g/mol. The van der Waals surface area contributed by atoms with Crippen LogP contribution in [-0.4, -0.2) is 21.2 Å². The Labute approximate surface area is 182 Å². The molecule has 4 aromatic rings. The first-order valence-electron chi connectivity index (χ1n) is 10.2. The molecule has 4 rings (SSSR count). The first-order chi connectivity index (χ1) is 15.1. The van der Waals surface area contributed by atoms with Gasteiger partial charge in [0, 0.05) is 24.1 Å². The van der Waals surface area contributed by atoms with Gasteiger partial charge in [-0.25, -0.2) is 4.98 Å². The fourth-order valence-electron chi connectivity index (χ4n) is 3.35. The number of anilines is 2. The van der Waals surface area contributed by atoms with Crippen molar-refractivity contribution in [1.82, 2.24) is 15.0 Å². The van der Waals surface area contributed by atoms with Gasteiger partial charge in [-0.1, -0.05) is 71.8 Å². The molecule has 0 aliphatic carbocycles. The Morgan fingerprint density at radius 2 is 1.42 bits per heavy atom. The van der Waals surface area contributed by atoms with Crippen molar-refractivity contribution in [2.24, 2.45) is 0 Å². The quantitative estimate of drug-likeness (QED) is 0.424. The lowest BCUT2D eigenvalue weighted by Crippen LogP contribution is -2.09. The molecule has 0 spiro atoms. The predicted molar refractivity (Wildman–Crippen MR) is 123 cm³/mol. The van der Waals surface area contributed by atoms with Crippen LogP contribution in [0.5, 0.6) is 0 Å². The molecule has 0 saturated heterocycles. The molecule has 0 aliphatic rings. The molecule has 0 fully saturated rings. The largest absolute Gasteiger partial charge is 0.324 e. The van der Waals surface area contributed by atoms with E-state index < -0.39 is 0 Å². The number of nitrogens with zero attached hydrogens (tertiary/aromatic N) is 3. The Morgan fingerprint density at radius 1 is 0.742 bits per heavy atom. The average Bonchev–Trinajstić information content (AvgIpc) is 2.76. The molecular formula is C26H24N4O. The number of aromatic nitrogens is 3. The minimum atomic E-state index is 0.529. The fourth-order valence-corrected chi connectivity index (χ4v) is 3.35. The zero-order valence-electron chi connectivity index (χ0n) is 17.7. The zero-order valence-corrected chi connectivity index (χ0v) is 17.7. The van der Waals surface area contributed by atoms with E-state index in [1.807, 2.05) is 54.6 Å². The summed E-state index contributed by atoms with van der Waals surface area (Å²) in [4.78, 5) is 24.9. The van der Waals surface area contributed by atoms with E-state index in [1.165, 1.54) is 11.1 Å². The molecule has 5 nitrogen and oxygen atoms in total. The Hall–Kier alpha value is -3.86. The Balaban J connectivity index is 1.64. The van der Waals surface area contributed by atoms with Crippen LogP contribution in [0.25, 0.3) is 0 Å². The number of carbonyl (C=O) groups is 1. The van der Waals surface area contributed by atoms with Crippen molar-refractivity contribution < 1.29 is 4.79 Å². The first kappa shape index (κ1) is 20.4. The number of carbonyl (C=O) groups excluding carboxylic acids is 1. The molecule has 31 heavy (non-hydrogen) atoms. The Bertz CT molecular complexity index is 1180. The molecule has 0 saturated carbocycles. The second kappa shape index (κ2) is 9.30. The second-order valence-corrected chi connectivity index (χ2v) is 7.68. The average molecular weight is 409 g/mol. The molecule has 0 aliphatic heterocycles. The maximum absolute atomic E-state index is 10.9. The Kier molecular flexibility index (Phi) is 6.13. The second-order valence-electron chi connectivity index (χ2n) is 7.68. The summed E-state index contributed by atoms with van der Waals surface area (Å²) < 4.78 is 0. The highest BCUT2D eigenvalue weighted by Gasteiger charge is 2.10. The highest BCUT2D eigenvalue weighted by atomic mass is 16.1. The van der Waals surface area contributed by atoms with E-state index in [9.17, 15) is 4.79 Å². The van der Waals surface area contributed by atoms with Gasteiger partial charge < -0.3 is 5.32 Å². The third-order valence-electron chi connectivity index (χ3n) is 4.96. The number of benzene rings is 3. The van der Waals surface area contributed by atoms with Crippen LogP contribution in [0, 0.1) is 13.8 Å². The highest BCUT2D eigenvalue weighted by molar-refractivity contribution is 5.74. The van der Waals surface area contributed by atoms with Crippen LogP contribution in [0.4, 0.5) is 11.6 Å². The van der Waals surface area contributed by atoms with Gasteiger partial charge >= 0.3 is 0 Å². The lowest BCUT2D eigenvalue weighted by Gasteiger charge is -2.10. The van der Waals surface area contributed by atoms with Crippen LogP contribution in [0.2, 0.25) is 0 Å². The number of hydrogen-bond acceptors (Lipinski definition) is 5. The topological polar surface area (TPSA) is 67.8 Å². The molecule has 1 heterocycles. The molecule has 0 amide bonds. The van der Waals surface area contributed by atoms with Crippen LogP contribution in [0.15, 0.2) is 72.8 Å². The van der Waals surface area contributed by atoms with E-state index in [2.05, 4.69) is 47.3 Å². The molecule has 1 N–H and O–H groups in total. The first-order valence-corrected chi connectivity index (χ1v) is 10.2. The van der Waals surface area contributed by atoms with E-state index in [0.29, 0.717) is 30.2 Å².